The van der Waals surface area contributed by atoms with Crippen LogP contribution in [0.5, 0.6) is 5.75 Å². The van der Waals surface area contributed by atoms with Crippen molar-refractivity contribution in [3.63, 3.8) is 0 Å². The summed E-state index contributed by atoms with van der Waals surface area (Å²) in [6.45, 7) is 3.56. The molecule has 1 amide bonds. The highest BCUT2D eigenvalue weighted by atomic mass is 16.5. The van der Waals surface area contributed by atoms with Crippen LogP contribution in [0.3, 0.4) is 0 Å². The molecule has 0 bridgehead atoms. The number of hydrogen-bond donors (Lipinski definition) is 3. The summed E-state index contributed by atoms with van der Waals surface area (Å²) in [5, 5.41) is 6.28. The highest BCUT2D eigenvalue weighted by molar-refractivity contribution is 5.91. The Morgan fingerprint density at radius 3 is 2.63 bits per heavy atom. The van der Waals surface area contributed by atoms with Crippen LogP contribution in [-0.4, -0.2) is 19.6 Å². The topological polar surface area (TPSA) is 76.4 Å². The zero-order valence-electron chi connectivity index (χ0n) is 16.1. The third-order valence-electron chi connectivity index (χ3n) is 4.19. The van der Waals surface area contributed by atoms with Gasteiger partial charge in [-0.3, -0.25) is 4.79 Å². The second-order valence-electron chi connectivity index (χ2n) is 6.39. The van der Waals surface area contributed by atoms with Crippen LogP contribution in [0.25, 0.3) is 6.08 Å². The molecule has 0 spiro atoms. The zero-order chi connectivity index (χ0) is 19.5. The number of carbonyl (C=O) groups excluding carboxylic acids is 1. The van der Waals surface area contributed by atoms with Crippen molar-refractivity contribution in [3.8, 4) is 5.75 Å². The average Bonchev–Trinajstić information content (AvgIpc) is 2.69. The quantitative estimate of drug-likeness (QED) is 0.334. The molecular weight excluding hydrogens is 338 g/mol. The van der Waals surface area contributed by atoms with Crippen LogP contribution in [0.15, 0.2) is 48.5 Å². The molecule has 0 saturated heterocycles. The van der Waals surface area contributed by atoms with Crippen molar-refractivity contribution in [2.24, 2.45) is 0 Å². The molecular formula is C22H29N3O2. The van der Waals surface area contributed by atoms with E-state index in [-0.39, 0.29) is 5.91 Å². The van der Waals surface area contributed by atoms with Gasteiger partial charge in [0.25, 0.3) is 0 Å². The lowest BCUT2D eigenvalue weighted by molar-refractivity contribution is -0.116. The third-order valence-corrected chi connectivity index (χ3v) is 4.19. The van der Waals surface area contributed by atoms with Gasteiger partial charge in [-0.1, -0.05) is 38.0 Å². The molecule has 2 rings (SSSR count). The van der Waals surface area contributed by atoms with E-state index in [9.17, 15) is 4.79 Å². The lowest BCUT2D eigenvalue weighted by Gasteiger charge is -2.12. The highest BCUT2D eigenvalue weighted by Gasteiger charge is 2.03. The van der Waals surface area contributed by atoms with Gasteiger partial charge in [0, 0.05) is 24.9 Å². The maximum Gasteiger partial charge on any atom is 0.244 e. The smallest absolute Gasteiger partial charge is 0.244 e. The molecule has 0 aliphatic heterocycles. The normalized spacial score (nSPS) is 10.7. The van der Waals surface area contributed by atoms with Crippen LogP contribution in [0.2, 0.25) is 0 Å². The summed E-state index contributed by atoms with van der Waals surface area (Å²) in [6.07, 6.45) is 6.85. The number of nitrogens with two attached hydrogens (primary N) is 1. The Morgan fingerprint density at radius 2 is 1.93 bits per heavy atom. The van der Waals surface area contributed by atoms with Crippen molar-refractivity contribution in [1.29, 1.82) is 0 Å². The minimum Gasteiger partial charge on any atom is -0.495 e. The number of amides is 1. The molecule has 27 heavy (non-hydrogen) atoms. The number of carbonyl (C=O) groups is 1. The Balaban J connectivity index is 1.92. The lowest BCUT2D eigenvalue weighted by atomic mass is 10.1. The molecule has 0 unspecified atom stereocenters. The SMILES string of the molecule is CCCCCNc1cc(C=CC(=O)NCc2ccc(N)cc2)ccc1OC. The Hall–Kier alpha value is -2.95. The first kappa shape index (κ1) is 20.4. The van der Waals surface area contributed by atoms with E-state index in [0.717, 1.165) is 35.5 Å². The number of ether oxygens (including phenoxy) is 1. The van der Waals surface area contributed by atoms with Gasteiger partial charge in [0.15, 0.2) is 0 Å². The molecule has 5 nitrogen and oxygen atoms in total. The molecule has 0 aliphatic rings. The van der Waals surface area contributed by atoms with Gasteiger partial charge in [0.1, 0.15) is 5.75 Å². The fourth-order valence-corrected chi connectivity index (χ4v) is 2.62. The molecule has 0 aromatic heterocycles. The van der Waals surface area contributed by atoms with E-state index >= 15 is 0 Å². The maximum atomic E-state index is 12.0. The molecule has 5 heteroatoms. The van der Waals surface area contributed by atoms with Gasteiger partial charge in [-0.2, -0.15) is 0 Å². The zero-order valence-corrected chi connectivity index (χ0v) is 16.1. The van der Waals surface area contributed by atoms with Crippen LogP contribution in [0, 0.1) is 0 Å². The van der Waals surface area contributed by atoms with Crippen LogP contribution in [0.4, 0.5) is 11.4 Å². The second-order valence-corrected chi connectivity index (χ2v) is 6.39. The standard InChI is InChI=1S/C22H29N3O2/c1-3-4-5-14-24-20-15-17(8-12-21(20)27-2)9-13-22(26)25-16-18-6-10-19(23)11-7-18/h6-13,15,24H,3-5,14,16,23H2,1-2H3,(H,25,26). The molecule has 4 N–H and O–H groups in total. The van der Waals surface area contributed by atoms with E-state index < -0.39 is 0 Å². The Morgan fingerprint density at radius 1 is 1.15 bits per heavy atom. The van der Waals surface area contributed by atoms with Gasteiger partial charge in [-0.05, 0) is 47.9 Å². The van der Waals surface area contributed by atoms with Gasteiger partial charge in [-0.25, -0.2) is 0 Å². The predicted molar refractivity (Wildman–Crippen MR) is 113 cm³/mol. The monoisotopic (exact) mass is 367 g/mol. The minimum absolute atomic E-state index is 0.139. The van der Waals surface area contributed by atoms with E-state index in [1.165, 1.54) is 12.8 Å². The van der Waals surface area contributed by atoms with Crippen LogP contribution in [0.1, 0.15) is 37.3 Å². The first-order chi connectivity index (χ1) is 13.1. The molecule has 0 heterocycles. The largest absolute Gasteiger partial charge is 0.495 e. The number of nitrogens with one attached hydrogen (secondary N) is 2. The van der Waals surface area contributed by atoms with Crippen molar-refractivity contribution < 1.29 is 9.53 Å². The molecule has 0 radical (unpaired) electrons. The summed E-state index contributed by atoms with van der Waals surface area (Å²) in [5.41, 5.74) is 9.26. The van der Waals surface area contributed by atoms with E-state index in [4.69, 9.17) is 10.5 Å². The summed E-state index contributed by atoms with van der Waals surface area (Å²) in [4.78, 5) is 12.0. The van der Waals surface area contributed by atoms with E-state index in [2.05, 4.69) is 17.6 Å². The molecule has 0 aliphatic carbocycles. The Labute approximate surface area is 161 Å². The fraction of sp³-hybridized carbons (Fsp3) is 0.318. The van der Waals surface area contributed by atoms with Gasteiger partial charge in [-0.15, -0.1) is 0 Å². The molecule has 0 fully saturated rings. The van der Waals surface area contributed by atoms with E-state index in [0.29, 0.717) is 12.2 Å². The van der Waals surface area contributed by atoms with Crippen LogP contribution < -0.4 is 21.1 Å². The average molecular weight is 367 g/mol. The van der Waals surface area contributed by atoms with Crippen LogP contribution in [-0.2, 0) is 11.3 Å². The van der Waals surface area contributed by atoms with Crippen molar-refractivity contribution in [2.75, 3.05) is 24.7 Å². The highest BCUT2D eigenvalue weighted by Crippen LogP contribution is 2.26. The first-order valence-corrected chi connectivity index (χ1v) is 9.34. The van der Waals surface area contributed by atoms with Gasteiger partial charge >= 0.3 is 0 Å². The van der Waals surface area contributed by atoms with Crippen molar-refractivity contribution in [3.05, 3.63) is 59.7 Å². The summed E-state index contributed by atoms with van der Waals surface area (Å²) in [6, 6.07) is 13.3. The second kappa shape index (κ2) is 10.9. The van der Waals surface area contributed by atoms with Crippen LogP contribution >= 0.6 is 0 Å². The number of anilines is 2. The fourth-order valence-electron chi connectivity index (χ4n) is 2.62. The first-order valence-electron chi connectivity index (χ1n) is 9.34. The molecule has 2 aromatic rings. The van der Waals surface area contributed by atoms with Crippen molar-refractivity contribution in [1.82, 2.24) is 5.32 Å². The van der Waals surface area contributed by atoms with Crippen molar-refractivity contribution >= 4 is 23.4 Å². The summed E-state index contributed by atoms with van der Waals surface area (Å²) >= 11 is 0. The third kappa shape index (κ3) is 7.05. The maximum absolute atomic E-state index is 12.0. The Kier molecular flexibility index (Phi) is 8.23. The Bertz CT molecular complexity index is 755. The summed E-state index contributed by atoms with van der Waals surface area (Å²) < 4.78 is 5.40. The predicted octanol–water partition coefficient (Wildman–Crippen LogP) is 4.21. The number of methoxy groups -OCH3 is 1. The van der Waals surface area contributed by atoms with Gasteiger partial charge in [0.05, 0.1) is 12.8 Å². The van der Waals surface area contributed by atoms with Gasteiger partial charge < -0.3 is 21.1 Å². The minimum atomic E-state index is -0.139. The number of hydrogen-bond acceptors (Lipinski definition) is 4. The number of rotatable bonds is 10. The molecule has 2 aromatic carbocycles. The number of unbranched alkanes of at least 4 members (excludes halogenated alkanes) is 2. The molecule has 0 saturated carbocycles. The van der Waals surface area contributed by atoms with Gasteiger partial charge in [0.2, 0.25) is 5.91 Å². The van der Waals surface area contributed by atoms with E-state index in [1.54, 1.807) is 19.3 Å². The number of benzene rings is 2. The molecule has 0 atom stereocenters. The number of nitrogen functional groups attached to an aromatic ring is 1. The lowest BCUT2D eigenvalue weighted by Crippen LogP contribution is -2.20. The summed E-state index contributed by atoms with van der Waals surface area (Å²) in [7, 11) is 1.66. The van der Waals surface area contributed by atoms with E-state index in [1.807, 2.05) is 42.5 Å². The van der Waals surface area contributed by atoms with Crippen molar-refractivity contribution in [2.45, 2.75) is 32.7 Å². The molecule has 144 valence electrons. The summed E-state index contributed by atoms with van der Waals surface area (Å²) in [5.74, 6) is 0.663.